The van der Waals surface area contributed by atoms with E-state index in [0.29, 0.717) is 11.6 Å². The molecule has 0 radical (unpaired) electrons. The molecular formula is C21H18F3N5. The second-order valence-electron chi connectivity index (χ2n) is 8.06. The smallest absolute Gasteiger partial charge is 0.284 e. The van der Waals surface area contributed by atoms with E-state index >= 15 is 0 Å². The Morgan fingerprint density at radius 1 is 1.07 bits per heavy atom. The normalized spacial score (nSPS) is 17.2. The van der Waals surface area contributed by atoms with Gasteiger partial charge >= 0.3 is 6.18 Å². The minimum absolute atomic E-state index is 0.0478. The van der Waals surface area contributed by atoms with Crippen molar-refractivity contribution < 1.29 is 13.2 Å². The minimum Gasteiger partial charge on any atom is -0.284 e. The van der Waals surface area contributed by atoms with Crippen LogP contribution in [0.1, 0.15) is 54.0 Å². The second kappa shape index (κ2) is 5.81. The molecule has 2 N–H and O–H groups in total. The molecule has 29 heavy (non-hydrogen) atoms. The van der Waals surface area contributed by atoms with E-state index in [1.54, 1.807) is 0 Å². The van der Waals surface area contributed by atoms with Crippen LogP contribution in [0, 0.1) is 0 Å². The molecule has 6 rings (SSSR count). The van der Waals surface area contributed by atoms with Gasteiger partial charge in [-0.25, -0.2) is 4.98 Å². The summed E-state index contributed by atoms with van der Waals surface area (Å²) in [5, 5.41) is 15.3. The highest BCUT2D eigenvalue weighted by molar-refractivity contribution is 6.09. The number of benzene rings is 1. The van der Waals surface area contributed by atoms with Crippen LogP contribution in [0.25, 0.3) is 33.1 Å². The molecule has 0 spiro atoms. The lowest BCUT2D eigenvalue weighted by Gasteiger charge is -2.23. The molecule has 0 aliphatic heterocycles. The number of aromatic amines is 2. The lowest BCUT2D eigenvalue weighted by atomic mass is 9.84. The number of fused-ring (bicyclic) bond motifs is 5. The molecule has 5 nitrogen and oxygen atoms in total. The van der Waals surface area contributed by atoms with E-state index < -0.39 is 11.9 Å². The maximum atomic E-state index is 13.6. The number of rotatable bonds is 2. The lowest BCUT2D eigenvalue weighted by molar-refractivity contribution is -0.140. The van der Waals surface area contributed by atoms with Crippen LogP contribution in [0.3, 0.4) is 0 Å². The molecule has 2 aliphatic rings. The predicted octanol–water partition coefficient (Wildman–Crippen LogP) is 5.28. The molecule has 1 aromatic carbocycles. The van der Waals surface area contributed by atoms with Crippen LogP contribution in [-0.4, -0.2) is 25.4 Å². The summed E-state index contributed by atoms with van der Waals surface area (Å²) in [6, 6.07) is 2.08. The number of aryl methyl sites for hydroxylation is 1. The van der Waals surface area contributed by atoms with Crippen molar-refractivity contribution >= 4 is 21.8 Å². The monoisotopic (exact) mass is 397 g/mol. The summed E-state index contributed by atoms with van der Waals surface area (Å²) in [5.41, 5.74) is 4.54. The molecule has 0 amide bonds. The van der Waals surface area contributed by atoms with E-state index in [-0.39, 0.29) is 5.56 Å². The highest BCUT2D eigenvalue weighted by atomic mass is 19.4. The van der Waals surface area contributed by atoms with Gasteiger partial charge in [0.2, 0.25) is 0 Å². The van der Waals surface area contributed by atoms with Crippen LogP contribution in [-0.2, 0) is 19.0 Å². The molecule has 0 saturated heterocycles. The van der Waals surface area contributed by atoms with Gasteiger partial charge in [-0.15, -0.1) is 0 Å². The number of alkyl halides is 3. The third-order valence-electron chi connectivity index (χ3n) is 6.21. The quantitative estimate of drug-likeness (QED) is 0.484. The Morgan fingerprint density at radius 2 is 1.86 bits per heavy atom. The summed E-state index contributed by atoms with van der Waals surface area (Å²) in [7, 11) is 0. The topological polar surface area (TPSA) is 70.2 Å². The highest BCUT2D eigenvalue weighted by Gasteiger charge is 2.38. The van der Waals surface area contributed by atoms with E-state index in [4.69, 9.17) is 4.98 Å². The standard InChI is InChI=1S/C21H18F3N5/c22-21(23,24)20-15(9-26-29-20)18-12-4-2-1-3-11(12)17-14-8-25-28-16(14)7-13(10-5-6-10)19(17)27-18/h7-10H,1-6H2,(H,25,28)(H,26,29). The zero-order valence-corrected chi connectivity index (χ0v) is 15.5. The molecule has 0 unspecified atom stereocenters. The first-order valence-electron chi connectivity index (χ1n) is 9.95. The molecule has 8 heteroatoms. The fourth-order valence-electron chi connectivity index (χ4n) is 4.76. The van der Waals surface area contributed by atoms with Crippen molar-refractivity contribution in [3.05, 3.63) is 40.8 Å². The largest absolute Gasteiger partial charge is 0.435 e. The molecule has 1 fully saturated rings. The molecule has 148 valence electrons. The Bertz CT molecular complexity index is 1260. The molecule has 3 heterocycles. The highest BCUT2D eigenvalue weighted by Crippen LogP contribution is 2.47. The number of hydrogen-bond acceptors (Lipinski definition) is 3. The van der Waals surface area contributed by atoms with E-state index in [9.17, 15) is 13.2 Å². The number of aromatic nitrogens is 5. The van der Waals surface area contributed by atoms with Crippen LogP contribution >= 0.6 is 0 Å². The Kier molecular flexibility index (Phi) is 3.40. The van der Waals surface area contributed by atoms with Gasteiger partial charge in [-0.2, -0.15) is 23.4 Å². The van der Waals surface area contributed by atoms with Gasteiger partial charge in [0.15, 0.2) is 5.69 Å². The lowest BCUT2D eigenvalue weighted by Crippen LogP contribution is -2.12. The second-order valence-corrected chi connectivity index (χ2v) is 8.06. The maximum absolute atomic E-state index is 13.6. The van der Waals surface area contributed by atoms with Gasteiger partial charge in [0.25, 0.3) is 0 Å². The van der Waals surface area contributed by atoms with Crippen molar-refractivity contribution in [1.29, 1.82) is 0 Å². The summed E-state index contributed by atoms with van der Waals surface area (Å²) >= 11 is 0. The number of nitrogens with zero attached hydrogens (tertiary/aromatic N) is 3. The van der Waals surface area contributed by atoms with Gasteiger partial charge in [0.1, 0.15) is 0 Å². The zero-order chi connectivity index (χ0) is 19.8. The third kappa shape index (κ3) is 2.51. The van der Waals surface area contributed by atoms with Gasteiger partial charge in [-0.05, 0) is 67.2 Å². The minimum atomic E-state index is -4.53. The summed E-state index contributed by atoms with van der Waals surface area (Å²) in [4.78, 5) is 4.89. The number of nitrogens with one attached hydrogen (secondary N) is 2. The van der Waals surface area contributed by atoms with Gasteiger partial charge in [-0.3, -0.25) is 10.2 Å². The first kappa shape index (κ1) is 17.0. The van der Waals surface area contributed by atoms with Crippen molar-refractivity contribution in [3.63, 3.8) is 0 Å². The fraction of sp³-hybridized carbons (Fsp3) is 0.381. The van der Waals surface area contributed by atoms with Gasteiger partial charge in [-0.1, -0.05) is 0 Å². The first-order valence-corrected chi connectivity index (χ1v) is 9.95. The molecule has 4 aromatic rings. The van der Waals surface area contributed by atoms with Crippen molar-refractivity contribution in [1.82, 2.24) is 25.4 Å². The van der Waals surface area contributed by atoms with Gasteiger partial charge in [0, 0.05) is 17.0 Å². The number of hydrogen-bond donors (Lipinski definition) is 2. The third-order valence-corrected chi connectivity index (χ3v) is 6.21. The predicted molar refractivity (Wildman–Crippen MR) is 103 cm³/mol. The van der Waals surface area contributed by atoms with Crippen molar-refractivity contribution in [3.8, 4) is 11.3 Å². The van der Waals surface area contributed by atoms with Crippen LogP contribution in [0.2, 0.25) is 0 Å². The Labute approximate surface area is 163 Å². The van der Waals surface area contributed by atoms with E-state index in [2.05, 4.69) is 26.5 Å². The molecule has 1 saturated carbocycles. The number of halogens is 3. The number of H-pyrrole nitrogens is 2. The molecule has 2 aliphatic carbocycles. The van der Waals surface area contributed by atoms with Crippen LogP contribution < -0.4 is 0 Å². The van der Waals surface area contributed by atoms with Gasteiger partial charge in [0.05, 0.1) is 28.5 Å². The summed E-state index contributed by atoms with van der Waals surface area (Å²) in [6.45, 7) is 0. The zero-order valence-electron chi connectivity index (χ0n) is 15.5. The SMILES string of the molecule is FC(F)(F)c1n[nH]cc1-c1nc2c(C3CC3)cc3[nH]ncc3c2c2c1CCCC2. The number of pyridine rings is 1. The molecule has 0 atom stereocenters. The van der Waals surface area contributed by atoms with Crippen molar-refractivity contribution in [2.45, 2.75) is 50.6 Å². The van der Waals surface area contributed by atoms with Crippen LogP contribution in [0.5, 0.6) is 0 Å². The van der Waals surface area contributed by atoms with E-state index in [1.165, 1.54) is 6.20 Å². The Morgan fingerprint density at radius 3 is 2.62 bits per heavy atom. The van der Waals surface area contributed by atoms with Gasteiger partial charge < -0.3 is 0 Å². The first-order chi connectivity index (χ1) is 14.0. The fourth-order valence-corrected chi connectivity index (χ4v) is 4.76. The van der Waals surface area contributed by atoms with E-state index in [1.807, 2.05) is 6.20 Å². The molecule has 3 aromatic heterocycles. The molecule has 0 bridgehead atoms. The van der Waals surface area contributed by atoms with E-state index in [0.717, 1.165) is 77.0 Å². The Hall–Kier alpha value is -2.90. The molecular weight excluding hydrogens is 379 g/mol. The summed E-state index contributed by atoms with van der Waals surface area (Å²) in [6.07, 6.45) is 4.33. The average Bonchev–Trinajstić information content (AvgIpc) is 3.23. The van der Waals surface area contributed by atoms with Crippen molar-refractivity contribution in [2.24, 2.45) is 0 Å². The maximum Gasteiger partial charge on any atom is 0.435 e. The summed E-state index contributed by atoms with van der Waals surface area (Å²) < 4.78 is 40.7. The average molecular weight is 397 g/mol. The van der Waals surface area contributed by atoms with Crippen LogP contribution in [0.4, 0.5) is 13.2 Å². The van der Waals surface area contributed by atoms with Crippen molar-refractivity contribution in [2.75, 3.05) is 0 Å². The van der Waals surface area contributed by atoms with Crippen LogP contribution in [0.15, 0.2) is 18.5 Å². The Balaban J connectivity index is 1.75. The summed E-state index contributed by atoms with van der Waals surface area (Å²) in [5.74, 6) is 0.415.